The van der Waals surface area contributed by atoms with Crippen molar-refractivity contribution in [2.75, 3.05) is 11.4 Å². The second kappa shape index (κ2) is 5.70. The van der Waals surface area contributed by atoms with Crippen molar-refractivity contribution in [2.45, 2.75) is 25.8 Å². The first-order valence-corrected chi connectivity index (χ1v) is 7.39. The molecule has 3 heteroatoms. The molecule has 3 rings (SSSR count). The molecule has 0 aliphatic carbocycles. The Morgan fingerprint density at radius 3 is 2.67 bits per heavy atom. The summed E-state index contributed by atoms with van der Waals surface area (Å²) >= 11 is 0. The van der Waals surface area contributed by atoms with E-state index in [2.05, 4.69) is 30.3 Å². The quantitative estimate of drug-likeness (QED) is 0.939. The van der Waals surface area contributed by atoms with Gasteiger partial charge in [0, 0.05) is 24.7 Å². The van der Waals surface area contributed by atoms with Crippen molar-refractivity contribution in [3.8, 4) is 11.1 Å². The van der Waals surface area contributed by atoms with Gasteiger partial charge in [0.25, 0.3) is 0 Å². The molecule has 3 nitrogen and oxygen atoms in total. The number of fused-ring (bicyclic) bond motifs is 1. The lowest BCUT2D eigenvalue weighted by atomic mass is 10.0. The molecule has 0 saturated heterocycles. The fourth-order valence-electron chi connectivity index (χ4n) is 2.86. The number of amides is 1. The molecule has 2 aromatic carbocycles. The minimum absolute atomic E-state index is 0.0925. The first-order chi connectivity index (χ1) is 10.1. The Balaban J connectivity index is 1.87. The van der Waals surface area contributed by atoms with Gasteiger partial charge in [-0.05, 0) is 42.2 Å². The van der Waals surface area contributed by atoms with Crippen molar-refractivity contribution in [3.63, 3.8) is 0 Å². The van der Waals surface area contributed by atoms with E-state index in [-0.39, 0.29) is 11.9 Å². The van der Waals surface area contributed by atoms with Crippen molar-refractivity contribution in [1.82, 2.24) is 0 Å². The summed E-state index contributed by atoms with van der Waals surface area (Å²) in [5.41, 5.74) is 10.4. The first kappa shape index (κ1) is 13.8. The highest BCUT2D eigenvalue weighted by atomic mass is 16.2. The molecule has 21 heavy (non-hydrogen) atoms. The summed E-state index contributed by atoms with van der Waals surface area (Å²) in [6.07, 6.45) is 1.32. The van der Waals surface area contributed by atoms with Crippen LogP contribution in [0.25, 0.3) is 11.1 Å². The minimum Gasteiger partial charge on any atom is -0.327 e. The van der Waals surface area contributed by atoms with E-state index in [1.165, 1.54) is 16.7 Å². The number of hydrogen-bond donors (Lipinski definition) is 1. The van der Waals surface area contributed by atoms with Crippen LogP contribution in [0.2, 0.25) is 0 Å². The summed E-state index contributed by atoms with van der Waals surface area (Å²) in [6.45, 7) is 2.63. The van der Waals surface area contributed by atoms with Crippen molar-refractivity contribution < 1.29 is 4.79 Å². The van der Waals surface area contributed by atoms with Gasteiger partial charge < -0.3 is 10.6 Å². The smallest absolute Gasteiger partial charge is 0.228 e. The normalized spacial score (nSPS) is 14.9. The summed E-state index contributed by atoms with van der Waals surface area (Å²) in [5.74, 6) is 0.121. The molecule has 1 unspecified atom stereocenters. The molecule has 0 radical (unpaired) electrons. The van der Waals surface area contributed by atoms with Gasteiger partial charge in [-0.3, -0.25) is 4.79 Å². The number of nitrogens with zero attached hydrogens (tertiary/aromatic N) is 1. The van der Waals surface area contributed by atoms with Crippen LogP contribution in [-0.4, -0.2) is 18.5 Å². The summed E-state index contributed by atoms with van der Waals surface area (Å²) in [4.78, 5) is 14.1. The maximum Gasteiger partial charge on any atom is 0.228 e. The fraction of sp³-hybridized carbons (Fsp3) is 0.278. The molecule has 0 fully saturated rings. The van der Waals surface area contributed by atoms with Gasteiger partial charge in [-0.1, -0.05) is 36.4 Å². The van der Waals surface area contributed by atoms with E-state index < -0.39 is 0 Å². The Morgan fingerprint density at radius 2 is 1.95 bits per heavy atom. The molecule has 1 amide bonds. The zero-order chi connectivity index (χ0) is 14.8. The van der Waals surface area contributed by atoms with E-state index in [0.29, 0.717) is 6.42 Å². The van der Waals surface area contributed by atoms with Crippen LogP contribution >= 0.6 is 0 Å². The van der Waals surface area contributed by atoms with Gasteiger partial charge in [-0.25, -0.2) is 0 Å². The number of nitrogens with two attached hydrogens (primary N) is 1. The molecule has 108 valence electrons. The average Bonchev–Trinajstić information content (AvgIpc) is 2.90. The Labute approximate surface area is 125 Å². The number of carbonyl (C=O) groups excluding carboxylic acids is 1. The van der Waals surface area contributed by atoms with E-state index >= 15 is 0 Å². The molecule has 2 aromatic rings. The van der Waals surface area contributed by atoms with Gasteiger partial charge in [0.15, 0.2) is 0 Å². The molecular weight excluding hydrogens is 260 g/mol. The molecule has 0 saturated carbocycles. The maximum atomic E-state index is 12.2. The van der Waals surface area contributed by atoms with Crippen LogP contribution < -0.4 is 10.6 Å². The topological polar surface area (TPSA) is 46.3 Å². The number of hydrogen-bond acceptors (Lipinski definition) is 2. The van der Waals surface area contributed by atoms with Crippen LogP contribution in [0.15, 0.2) is 48.5 Å². The van der Waals surface area contributed by atoms with Crippen LogP contribution in [0.4, 0.5) is 5.69 Å². The first-order valence-electron chi connectivity index (χ1n) is 7.39. The molecular formula is C18H20N2O. The largest absolute Gasteiger partial charge is 0.327 e. The van der Waals surface area contributed by atoms with Gasteiger partial charge in [0.1, 0.15) is 0 Å². The Morgan fingerprint density at radius 1 is 1.19 bits per heavy atom. The highest BCUT2D eigenvalue weighted by molar-refractivity contribution is 5.96. The lowest BCUT2D eigenvalue weighted by Crippen LogP contribution is -2.33. The third kappa shape index (κ3) is 2.83. The summed E-state index contributed by atoms with van der Waals surface area (Å²) in [6, 6.07) is 16.6. The van der Waals surface area contributed by atoms with Crippen molar-refractivity contribution in [2.24, 2.45) is 5.73 Å². The zero-order valence-corrected chi connectivity index (χ0v) is 12.3. The Bertz CT molecular complexity index is 650. The number of carbonyl (C=O) groups is 1. The third-order valence-electron chi connectivity index (χ3n) is 3.88. The van der Waals surface area contributed by atoms with Crippen molar-refractivity contribution in [3.05, 3.63) is 54.1 Å². The number of benzene rings is 2. The average molecular weight is 280 g/mol. The number of rotatable bonds is 3. The van der Waals surface area contributed by atoms with Crippen molar-refractivity contribution in [1.29, 1.82) is 0 Å². The monoisotopic (exact) mass is 280 g/mol. The predicted octanol–water partition coefficient (Wildman–Crippen LogP) is 2.98. The predicted molar refractivity (Wildman–Crippen MR) is 86.2 cm³/mol. The number of anilines is 1. The van der Waals surface area contributed by atoms with Crippen molar-refractivity contribution >= 4 is 11.6 Å². The molecule has 0 aromatic heterocycles. The maximum absolute atomic E-state index is 12.2. The van der Waals surface area contributed by atoms with Crippen LogP contribution in [0.3, 0.4) is 0 Å². The third-order valence-corrected chi connectivity index (χ3v) is 3.88. The van der Waals surface area contributed by atoms with Gasteiger partial charge >= 0.3 is 0 Å². The van der Waals surface area contributed by atoms with Crippen LogP contribution in [0, 0.1) is 0 Å². The Hall–Kier alpha value is -2.13. The molecule has 0 spiro atoms. The lowest BCUT2D eigenvalue weighted by Gasteiger charge is -2.18. The molecule has 1 heterocycles. The SMILES string of the molecule is CC(N)CC(=O)N1CCc2cc(-c3ccccc3)ccc21. The molecule has 1 atom stereocenters. The Kier molecular flexibility index (Phi) is 3.76. The molecule has 1 aliphatic heterocycles. The summed E-state index contributed by atoms with van der Waals surface area (Å²) in [7, 11) is 0. The molecule has 1 aliphatic rings. The van der Waals surface area contributed by atoms with Crippen LogP contribution in [0.1, 0.15) is 18.9 Å². The summed E-state index contributed by atoms with van der Waals surface area (Å²) < 4.78 is 0. The van der Waals surface area contributed by atoms with Gasteiger partial charge in [-0.15, -0.1) is 0 Å². The van der Waals surface area contributed by atoms with Gasteiger partial charge in [0.05, 0.1) is 0 Å². The van der Waals surface area contributed by atoms with Gasteiger partial charge in [-0.2, -0.15) is 0 Å². The lowest BCUT2D eigenvalue weighted by molar-refractivity contribution is -0.118. The fourth-order valence-corrected chi connectivity index (χ4v) is 2.86. The standard InChI is InChI=1S/C18H20N2O/c1-13(19)11-18(21)20-10-9-16-12-15(7-8-17(16)20)14-5-3-2-4-6-14/h2-8,12-13H,9-11,19H2,1H3. The van der Waals surface area contributed by atoms with Crippen LogP contribution in [0.5, 0.6) is 0 Å². The minimum atomic E-state index is -0.0925. The second-order valence-electron chi connectivity index (χ2n) is 5.69. The van der Waals surface area contributed by atoms with Crippen LogP contribution in [-0.2, 0) is 11.2 Å². The highest BCUT2D eigenvalue weighted by Gasteiger charge is 2.25. The van der Waals surface area contributed by atoms with Gasteiger partial charge in [0.2, 0.25) is 5.91 Å². The molecule has 2 N–H and O–H groups in total. The zero-order valence-electron chi connectivity index (χ0n) is 12.3. The second-order valence-corrected chi connectivity index (χ2v) is 5.69. The summed E-state index contributed by atoms with van der Waals surface area (Å²) in [5, 5.41) is 0. The van der Waals surface area contributed by atoms with E-state index in [1.807, 2.05) is 30.0 Å². The molecule has 0 bridgehead atoms. The van der Waals surface area contributed by atoms with E-state index in [1.54, 1.807) is 0 Å². The van der Waals surface area contributed by atoms with E-state index in [0.717, 1.165) is 18.7 Å². The van der Waals surface area contributed by atoms with E-state index in [9.17, 15) is 4.79 Å². The van der Waals surface area contributed by atoms with E-state index in [4.69, 9.17) is 5.73 Å². The highest BCUT2D eigenvalue weighted by Crippen LogP contribution is 2.32.